The third-order valence-corrected chi connectivity index (χ3v) is 6.23. The number of nitrogens with zero attached hydrogens (tertiary/aromatic N) is 2. The van der Waals surface area contributed by atoms with E-state index < -0.39 is 0 Å². The van der Waals surface area contributed by atoms with Gasteiger partial charge in [0.2, 0.25) is 0 Å². The first-order valence-electron chi connectivity index (χ1n) is 9.72. The van der Waals surface area contributed by atoms with Gasteiger partial charge in [-0.05, 0) is 38.2 Å². The predicted molar refractivity (Wildman–Crippen MR) is 103 cm³/mol. The van der Waals surface area contributed by atoms with Crippen molar-refractivity contribution >= 4 is 5.71 Å². The van der Waals surface area contributed by atoms with Gasteiger partial charge in [0.1, 0.15) is 6.10 Å². The summed E-state index contributed by atoms with van der Waals surface area (Å²) in [6.07, 6.45) is 5.37. The minimum atomic E-state index is -0.130. The molecule has 1 aromatic rings. The highest BCUT2D eigenvalue weighted by Crippen LogP contribution is 2.46. The van der Waals surface area contributed by atoms with E-state index in [9.17, 15) is 5.21 Å². The monoisotopic (exact) mass is 346 g/mol. The zero-order chi connectivity index (χ0) is 18.5. The van der Waals surface area contributed by atoms with Gasteiger partial charge in [0.05, 0.1) is 16.8 Å². The van der Waals surface area contributed by atoms with Crippen molar-refractivity contribution in [1.82, 2.24) is 5.06 Å². The molecular formula is C21H34N2O2. The minimum Gasteiger partial charge on any atom is -0.411 e. The van der Waals surface area contributed by atoms with E-state index >= 15 is 0 Å². The van der Waals surface area contributed by atoms with E-state index in [-0.39, 0.29) is 17.2 Å². The Morgan fingerprint density at radius 2 is 1.48 bits per heavy atom. The molecule has 1 aliphatic rings. The van der Waals surface area contributed by atoms with Gasteiger partial charge in [0.15, 0.2) is 0 Å². The molecule has 1 aliphatic heterocycles. The molecule has 1 heterocycles. The zero-order valence-electron chi connectivity index (χ0n) is 16.5. The standard InChI is InChI=1S/C21H34N2O2/c1-6-20(7-2)15-19(22-24)16-21(8-3,9-4)23(20)25-17(5)18-13-11-10-12-14-18/h10-14,17,24H,6-9,15-16H2,1-5H3. The molecule has 0 saturated carbocycles. The number of hydrogen-bond acceptors (Lipinski definition) is 4. The lowest BCUT2D eigenvalue weighted by Gasteiger charge is -2.57. The SMILES string of the molecule is CCC1(CC)CC(=NO)CC(CC)(CC)N1OC(C)c1ccccc1. The Balaban J connectivity index is 2.43. The number of benzene rings is 1. The van der Waals surface area contributed by atoms with Crippen molar-refractivity contribution in [2.45, 2.75) is 90.3 Å². The molecular weight excluding hydrogens is 312 g/mol. The second kappa shape index (κ2) is 8.33. The summed E-state index contributed by atoms with van der Waals surface area (Å²) < 4.78 is 0. The fourth-order valence-corrected chi connectivity index (χ4v) is 4.28. The van der Waals surface area contributed by atoms with Crippen molar-refractivity contribution in [2.75, 3.05) is 0 Å². The Hall–Kier alpha value is -1.39. The molecule has 0 aromatic heterocycles. The van der Waals surface area contributed by atoms with E-state index in [0.717, 1.165) is 44.2 Å². The number of oxime groups is 1. The Bertz CT molecular complexity index is 539. The Morgan fingerprint density at radius 3 is 1.88 bits per heavy atom. The van der Waals surface area contributed by atoms with Crippen LogP contribution in [0.25, 0.3) is 0 Å². The van der Waals surface area contributed by atoms with E-state index in [1.165, 1.54) is 5.56 Å². The summed E-state index contributed by atoms with van der Waals surface area (Å²) >= 11 is 0. The van der Waals surface area contributed by atoms with Crippen LogP contribution in [0, 0.1) is 0 Å². The molecule has 1 aromatic carbocycles. The fraction of sp³-hybridized carbons (Fsp3) is 0.667. The van der Waals surface area contributed by atoms with Crippen LogP contribution in [-0.4, -0.2) is 27.1 Å². The maximum absolute atomic E-state index is 9.51. The topological polar surface area (TPSA) is 45.1 Å². The molecule has 0 radical (unpaired) electrons. The van der Waals surface area contributed by atoms with Gasteiger partial charge >= 0.3 is 0 Å². The van der Waals surface area contributed by atoms with Crippen LogP contribution in [0.5, 0.6) is 0 Å². The summed E-state index contributed by atoms with van der Waals surface area (Å²) in [7, 11) is 0. The molecule has 0 aliphatic carbocycles. The van der Waals surface area contributed by atoms with Crippen molar-refractivity contribution in [3.05, 3.63) is 35.9 Å². The van der Waals surface area contributed by atoms with Gasteiger partial charge in [-0.1, -0.05) is 63.2 Å². The summed E-state index contributed by atoms with van der Waals surface area (Å²) in [5.74, 6) is 0. The second-order valence-corrected chi connectivity index (χ2v) is 7.34. The van der Waals surface area contributed by atoms with Gasteiger partial charge in [0, 0.05) is 12.8 Å². The number of hydrogen-bond donors (Lipinski definition) is 1. The summed E-state index contributed by atoms with van der Waals surface area (Å²) in [5, 5.41) is 15.4. The van der Waals surface area contributed by atoms with Gasteiger partial charge < -0.3 is 5.21 Å². The highest BCUT2D eigenvalue weighted by Gasteiger charge is 2.52. The van der Waals surface area contributed by atoms with Crippen molar-refractivity contribution in [3.63, 3.8) is 0 Å². The summed E-state index contributed by atoms with van der Waals surface area (Å²) in [6.45, 7) is 11.0. The molecule has 1 atom stereocenters. The molecule has 2 rings (SSSR count). The highest BCUT2D eigenvalue weighted by molar-refractivity contribution is 5.87. The van der Waals surface area contributed by atoms with E-state index in [0.29, 0.717) is 0 Å². The Labute approximate surface area is 152 Å². The van der Waals surface area contributed by atoms with Crippen molar-refractivity contribution < 1.29 is 10.0 Å². The largest absolute Gasteiger partial charge is 0.411 e. The molecule has 1 fully saturated rings. The summed E-state index contributed by atoms with van der Waals surface area (Å²) in [6, 6.07) is 10.4. The Kier molecular flexibility index (Phi) is 6.64. The van der Waals surface area contributed by atoms with Gasteiger partial charge in [-0.25, -0.2) is 0 Å². The predicted octanol–water partition coefficient (Wildman–Crippen LogP) is 5.72. The minimum absolute atomic E-state index is 0.0104. The molecule has 1 saturated heterocycles. The molecule has 25 heavy (non-hydrogen) atoms. The fourth-order valence-electron chi connectivity index (χ4n) is 4.28. The van der Waals surface area contributed by atoms with Crippen LogP contribution in [0.2, 0.25) is 0 Å². The summed E-state index contributed by atoms with van der Waals surface area (Å²) in [4.78, 5) is 6.66. The molecule has 0 bridgehead atoms. The average molecular weight is 347 g/mol. The van der Waals surface area contributed by atoms with E-state index in [2.05, 4.69) is 69.1 Å². The van der Waals surface area contributed by atoms with Crippen molar-refractivity contribution in [3.8, 4) is 0 Å². The smallest absolute Gasteiger partial charge is 0.102 e. The number of hydroxylamine groups is 2. The lowest BCUT2D eigenvalue weighted by molar-refractivity contribution is -0.311. The second-order valence-electron chi connectivity index (χ2n) is 7.34. The normalized spacial score (nSPS) is 21.1. The quantitative estimate of drug-likeness (QED) is 0.507. The van der Waals surface area contributed by atoms with Crippen LogP contribution in [0.1, 0.15) is 84.8 Å². The first kappa shape index (κ1) is 19.9. The lowest BCUT2D eigenvalue weighted by atomic mass is 9.72. The van der Waals surface area contributed by atoms with Crippen LogP contribution in [0.15, 0.2) is 35.5 Å². The van der Waals surface area contributed by atoms with Crippen molar-refractivity contribution in [1.29, 1.82) is 0 Å². The van der Waals surface area contributed by atoms with E-state index in [1.54, 1.807) is 0 Å². The van der Waals surface area contributed by atoms with Crippen LogP contribution in [0.4, 0.5) is 0 Å². The van der Waals surface area contributed by atoms with Gasteiger partial charge in [0.25, 0.3) is 0 Å². The third-order valence-electron chi connectivity index (χ3n) is 6.23. The lowest BCUT2D eigenvalue weighted by Crippen LogP contribution is -2.65. The maximum Gasteiger partial charge on any atom is 0.102 e. The van der Waals surface area contributed by atoms with Gasteiger partial charge in [-0.3, -0.25) is 4.84 Å². The molecule has 4 heteroatoms. The number of piperidine rings is 1. The van der Waals surface area contributed by atoms with Crippen LogP contribution in [0.3, 0.4) is 0 Å². The third kappa shape index (κ3) is 3.75. The molecule has 0 spiro atoms. The van der Waals surface area contributed by atoms with Crippen LogP contribution < -0.4 is 0 Å². The Morgan fingerprint density at radius 1 is 1.00 bits per heavy atom. The molecule has 1 unspecified atom stereocenters. The molecule has 140 valence electrons. The van der Waals surface area contributed by atoms with Gasteiger partial charge in [-0.2, -0.15) is 5.06 Å². The molecule has 4 nitrogen and oxygen atoms in total. The first-order chi connectivity index (χ1) is 12.0. The highest BCUT2D eigenvalue weighted by atomic mass is 16.7. The zero-order valence-corrected chi connectivity index (χ0v) is 16.5. The maximum atomic E-state index is 9.51. The van der Waals surface area contributed by atoms with Crippen LogP contribution >= 0.6 is 0 Å². The van der Waals surface area contributed by atoms with E-state index in [4.69, 9.17) is 4.84 Å². The van der Waals surface area contributed by atoms with E-state index in [1.807, 2.05) is 6.07 Å². The number of rotatable bonds is 7. The average Bonchev–Trinajstić information content (AvgIpc) is 2.68. The van der Waals surface area contributed by atoms with Crippen molar-refractivity contribution in [2.24, 2.45) is 5.16 Å². The molecule has 0 amide bonds. The first-order valence-corrected chi connectivity index (χ1v) is 9.72. The van der Waals surface area contributed by atoms with Crippen LogP contribution in [-0.2, 0) is 4.84 Å². The molecule has 1 N–H and O–H groups in total. The van der Waals surface area contributed by atoms with Gasteiger partial charge in [-0.15, -0.1) is 0 Å². The summed E-state index contributed by atoms with van der Waals surface area (Å²) in [5.41, 5.74) is 1.83.